The minimum Gasteiger partial charge on any atom is -0.272 e. The van der Waals surface area contributed by atoms with Gasteiger partial charge in [0.1, 0.15) is 5.82 Å². The number of halogens is 1. The van der Waals surface area contributed by atoms with E-state index in [2.05, 4.69) is 15.5 Å². The molecule has 0 saturated carbocycles. The summed E-state index contributed by atoms with van der Waals surface area (Å²) in [5.74, 6) is -0.460. The highest BCUT2D eigenvalue weighted by Gasteiger charge is 2.05. The number of benzene rings is 1. The van der Waals surface area contributed by atoms with Crippen LogP contribution < -0.4 is 11.0 Å². The van der Waals surface area contributed by atoms with Crippen LogP contribution in [0.4, 0.5) is 10.1 Å². The second-order valence-electron chi connectivity index (χ2n) is 4.30. The Labute approximate surface area is 119 Å². The van der Waals surface area contributed by atoms with E-state index in [-0.39, 0.29) is 11.2 Å². The highest BCUT2D eigenvalue weighted by atomic mass is 19.1. The molecular weight excluding hydrogens is 271 g/mol. The van der Waals surface area contributed by atoms with Crippen molar-refractivity contribution in [2.75, 3.05) is 5.43 Å². The van der Waals surface area contributed by atoms with E-state index in [0.717, 1.165) is 10.4 Å². The van der Waals surface area contributed by atoms with Crippen molar-refractivity contribution in [3.05, 3.63) is 77.1 Å². The summed E-state index contributed by atoms with van der Waals surface area (Å²) in [5.41, 5.74) is 3.77. The van der Waals surface area contributed by atoms with Crippen molar-refractivity contribution in [2.24, 2.45) is 0 Å². The Kier molecular flexibility index (Phi) is 3.42. The number of hydrogen-bond donors (Lipinski definition) is 1. The molecule has 0 bridgehead atoms. The molecule has 104 valence electrons. The number of hydrogen-bond acceptors (Lipinski definition) is 4. The molecule has 3 rings (SSSR count). The Morgan fingerprint density at radius 3 is 2.67 bits per heavy atom. The predicted octanol–water partition coefficient (Wildman–Crippen LogP) is 2.32. The lowest BCUT2D eigenvalue weighted by Gasteiger charge is -2.10. The zero-order valence-electron chi connectivity index (χ0n) is 10.9. The predicted molar refractivity (Wildman–Crippen MR) is 77.1 cm³/mol. The van der Waals surface area contributed by atoms with Gasteiger partial charge in [-0.2, -0.15) is 0 Å². The second-order valence-corrected chi connectivity index (χ2v) is 4.30. The lowest BCUT2D eigenvalue weighted by atomic mass is 10.2. The highest BCUT2D eigenvalue weighted by Crippen LogP contribution is 2.14. The van der Waals surface area contributed by atoms with Crippen molar-refractivity contribution in [1.82, 2.24) is 14.9 Å². The van der Waals surface area contributed by atoms with Gasteiger partial charge in [0.15, 0.2) is 0 Å². The topological polar surface area (TPSA) is 59.8 Å². The smallest absolute Gasteiger partial charge is 0.272 e. The minimum atomic E-state index is -0.460. The molecule has 0 radical (unpaired) electrons. The Bertz CT molecular complexity index is 817. The number of anilines is 1. The fourth-order valence-electron chi connectivity index (χ4n) is 1.83. The SMILES string of the molecule is O=c1ccc(-c2cccnc2)nn1Nc1ccccc1F. The van der Waals surface area contributed by atoms with Gasteiger partial charge in [-0.15, -0.1) is 9.89 Å². The summed E-state index contributed by atoms with van der Waals surface area (Å²) in [4.78, 5) is 16.8. The Balaban J connectivity index is 2.00. The number of nitrogens with zero attached hydrogens (tertiary/aromatic N) is 3. The Morgan fingerprint density at radius 1 is 1.05 bits per heavy atom. The van der Waals surface area contributed by atoms with Crippen molar-refractivity contribution in [3.63, 3.8) is 0 Å². The van der Waals surface area contributed by atoms with Crippen molar-refractivity contribution in [1.29, 1.82) is 0 Å². The fourth-order valence-corrected chi connectivity index (χ4v) is 1.83. The van der Waals surface area contributed by atoms with Crippen molar-refractivity contribution in [2.45, 2.75) is 0 Å². The van der Waals surface area contributed by atoms with Crippen LogP contribution >= 0.6 is 0 Å². The van der Waals surface area contributed by atoms with E-state index in [9.17, 15) is 9.18 Å². The molecule has 1 aromatic carbocycles. The van der Waals surface area contributed by atoms with Gasteiger partial charge in [0, 0.05) is 24.0 Å². The van der Waals surface area contributed by atoms with E-state index in [1.807, 2.05) is 6.07 Å². The first-order valence-electron chi connectivity index (χ1n) is 6.26. The lowest BCUT2D eigenvalue weighted by molar-refractivity contribution is 0.622. The summed E-state index contributed by atoms with van der Waals surface area (Å²) >= 11 is 0. The number of para-hydroxylation sites is 1. The normalized spacial score (nSPS) is 10.3. The first kappa shape index (κ1) is 13.0. The van der Waals surface area contributed by atoms with Crippen molar-refractivity contribution < 1.29 is 4.39 Å². The maximum Gasteiger partial charge on any atom is 0.286 e. The Morgan fingerprint density at radius 2 is 1.90 bits per heavy atom. The van der Waals surface area contributed by atoms with E-state index < -0.39 is 5.82 Å². The zero-order chi connectivity index (χ0) is 14.7. The Hall–Kier alpha value is -3.02. The van der Waals surface area contributed by atoms with Gasteiger partial charge < -0.3 is 0 Å². The van der Waals surface area contributed by atoms with Gasteiger partial charge in [0.2, 0.25) is 0 Å². The van der Waals surface area contributed by atoms with Crippen LogP contribution in [-0.4, -0.2) is 14.9 Å². The molecule has 0 fully saturated rings. The second kappa shape index (κ2) is 5.54. The maximum atomic E-state index is 13.6. The molecule has 0 atom stereocenters. The van der Waals surface area contributed by atoms with Crippen LogP contribution in [0.1, 0.15) is 0 Å². The molecule has 3 aromatic rings. The molecule has 0 aliphatic rings. The molecule has 6 heteroatoms. The summed E-state index contributed by atoms with van der Waals surface area (Å²) < 4.78 is 13.6. The average molecular weight is 282 g/mol. The van der Waals surface area contributed by atoms with E-state index in [0.29, 0.717) is 5.69 Å². The summed E-state index contributed by atoms with van der Waals surface area (Å²) in [7, 11) is 0. The molecule has 0 aliphatic heterocycles. The van der Waals surface area contributed by atoms with Gasteiger partial charge in [0.25, 0.3) is 5.56 Å². The number of nitrogens with one attached hydrogen (secondary N) is 1. The standard InChI is InChI=1S/C15H11FN4O/c16-12-5-1-2-6-14(12)19-20-15(21)8-7-13(18-20)11-4-3-9-17-10-11/h1-10,19H. The highest BCUT2D eigenvalue weighted by molar-refractivity contribution is 5.56. The monoisotopic (exact) mass is 282 g/mol. The number of aromatic nitrogens is 3. The van der Waals surface area contributed by atoms with Gasteiger partial charge in [-0.3, -0.25) is 15.2 Å². The summed E-state index contributed by atoms with van der Waals surface area (Å²) in [6, 6.07) is 12.6. The number of pyridine rings is 1. The summed E-state index contributed by atoms with van der Waals surface area (Å²) in [6.07, 6.45) is 3.29. The molecular formula is C15H11FN4O. The lowest BCUT2D eigenvalue weighted by Crippen LogP contribution is -2.28. The molecule has 2 aromatic heterocycles. The number of rotatable bonds is 3. The van der Waals surface area contributed by atoms with Crippen LogP contribution in [0.3, 0.4) is 0 Å². The first-order chi connectivity index (χ1) is 10.2. The van der Waals surface area contributed by atoms with Crippen LogP contribution in [0.5, 0.6) is 0 Å². The third kappa shape index (κ3) is 2.79. The fraction of sp³-hybridized carbons (Fsp3) is 0. The molecule has 0 aliphatic carbocycles. The van der Waals surface area contributed by atoms with Gasteiger partial charge in [-0.1, -0.05) is 12.1 Å². The van der Waals surface area contributed by atoms with E-state index >= 15 is 0 Å². The summed E-state index contributed by atoms with van der Waals surface area (Å²) in [6.45, 7) is 0. The van der Waals surface area contributed by atoms with Crippen molar-refractivity contribution >= 4 is 5.69 Å². The molecule has 0 saturated heterocycles. The van der Waals surface area contributed by atoms with Crippen molar-refractivity contribution in [3.8, 4) is 11.3 Å². The third-order valence-electron chi connectivity index (χ3n) is 2.86. The third-order valence-corrected chi connectivity index (χ3v) is 2.86. The van der Waals surface area contributed by atoms with Crippen LogP contribution in [0, 0.1) is 5.82 Å². The van der Waals surface area contributed by atoms with Gasteiger partial charge in [-0.05, 0) is 30.3 Å². The average Bonchev–Trinajstić information content (AvgIpc) is 2.52. The molecule has 0 unspecified atom stereocenters. The van der Waals surface area contributed by atoms with Crippen LogP contribution in [0.15, 0.2) is 65.7 Å². The molecule has 5 nitrogen and oxygen atoms in total. The molecule has 0 amide bonds. The maximum absolute atomic E-state index is 13.6. The zero-order valence-corrected chi connectivity index (χ0v) is 10.9. The van der Waals surface area contributed by atoms with E-state index in [1.54, 1.807) is 36.7 Å². The van der Waals surface area contributed by atoms with Crippen LogP contribution in [-0.2, 0) is 0 Å². The van der Waals surface area contributed by atoms with Gasteiger partial charge in [-0.25, -0.2) is 4.39 Å². The van der Waals surface area contributed by atoms with Gasteiger partial charge in [0.05, 0.1) is 11.4 Å². The minimum absolute atomic E-state index is 0.176. The van der Waals surface area contributed by atoms with Crippen LogP contribution in [0.25, 0.3) is 11.3 Å². The van der Waals surface area contributed by atoms with Gasteiger partial charge >= 0.3 is 0 Å². The molecule has 21 heavy (non-hydrogen) atoms. The summed E-state index contributed by atoms with van der Waals surface area (Å²) in [5, 5.41) is 4.17. The quantitative estimate of drug-likeness (QED) is 0.801. The largest absolute Gasteiger partial charge is 0.286 e. The van der Waals surface area contributed by atoms with Crippen LogP contribution in [0.2, 0.25) is 0 Å². The first-order valence-corrected chi connectivity index (χ1v) is 6.26. The van der Waals surface area contributed by atoms with E-state index in [4.69, 9.17) is 0 Å². The van der Waals surface area contributed by atoms with E-state index in [1.165, 1.54) is 18.2 Å². The molecule has 2 heterocycles. The molecule has 1 N–H and O–H groups in total. The molecule has 0 spiro atoms.